The molecule has 1 atom stereocenters. The summed E-state index contributed by atoms with van der Waals surface area (Å²) >= 11 is 0. The molecule has 3 aliphatic rings. The molecule has 1 saturated carbocycles. The Kier molecular flexibility index (Phi) is 10.3. The zero-order valence-corrected chi connectivity index (χ0v) is 30.0. The summed E-state index contributed by atoms with van der Waals surface area (Å²) in [6.07, 6.45) is 7.95. The van der Waals surface area contributed by atoms with Gasteiger partial charge in [0, 0.05) is 36.5 Å². The highest BCUT2D eigenvalue weighted by atomic mass is 19.1. The lowest BCUT2D eigenvalue weighted by atomic mass is 9.81. The maximum absolute atomic E-state index is 15.3. The fourth-order valence-corrected chi connectivity index (χ4v) is 7.77. The van der Waals surface area contributed by atoms with E-state index in [4.69, 9.17) is 4.52 Å². The standard InChI is InChI=1S/C40H46FN5O5/c1-7-8-33(22(2)3)45(35-17-28(14-9-23(35)4)37-24(5)44-51-25(37)6)21-27-12-10-26(11-13-27)20-42-32-19-30-29(18-31(32)41)39(49)46(40(30)50)34-15-16-36(47)43-38(34)48/h7-9,14,17-19,22,26-27,34,42H,1,10-13,15-16,20-21H2,2-6H3,(H,43,47,48)/b33-8+. The molecular formula is C40H46FN5O5. The van der Waals surface area contributed by atoms with Crippen LogP contribution in [0.1, 0.15) is 90.1 Å². The van der Waals surface area contributed by atoms with Gasteiger partial charge in [0.15, 0.2) is 0 Å². The molecule has 0 spiro atoms. The molecule has 2 fully saturated rings. The molecule has 10 nitrogen and oxygen atoms in total. The predicted octanol–water partition coefficient (Wildman–Crippen LogP) is 7.26. The van der Waals surface area contributed by atoms with Gasteiger partial charge in [0.1, 0.15) is 17.6 Å². The average Bonchev–Trinajstić information content (AvgIpc) is 3.55. The maximum atomic E-state index is 15.3. The second-order valence-electron chi connectivity index (χ2n) is 14.4. The highest BCUT2D eigenvalue weighted by Crippen LogP contribution is 2.38. The fourth-order valence-electron chi connectivity index (χ4n) is 7.77. The van der Waals surface area contributed by atoms with Crippen LogP contribution < -0.4 is 15.5 Å². The van der Waals surface area contributed by atoms with Gasteiger partial charge in [0.05, 0.1) is 22.5 Å². The largest absolute Gasteiger partial charge is 0.382 e. The van der Waals surface area contributed by atoms with Gasteiger partial charge < -0.3 is 14.7 Å². The highest BCUT2D eigenvalue weighted by Gasteiger charge is 2.45. The summed E-state index contributed by atoms with van der Waals surface area (Å²) in [6, 6.07) is 7.87. The number of halogens is 1. The zero-order valence-electron chi connectivity index (χ0n) is 30.0. The van der Waals surface area contributed by atoms with E-state index in [0.29, 0.717) is 18.4 Å². The van der Waals surface area contributed by atoms with Gasteiger partial charge in [-0.2, -0.15) is 0 Å². The van der Waals surface area contributed by atoms with Gasteiger partial charge in [-0.05, 0) is 106 Å². The Hall–Kier alpha value is -5.06. The van der Waals surface area contributed by atoms with Crippen molar-refractivity contribution < 1.29 is 28.1 Å². The van der Waals surface area contributed by atoms with Crippen molar-refractivity contribution in [3.8, 4) is 11.1 Å². The van der Waals surface area contributed by atoms with Crippen molar-refractivity contribution >= 4 is 35.0 Å². The van der Waals surface area contributed by atoms with E-state index in [-0.39, 0.29) is 35.6 Å². The molecule has 268 valence electrons. The minimum atomic E-state index is -1.10. The molecule has 2 N–H and O–H groups in total. The molecular weight excluding hydrogens is 649 g/mol. The van der Waals surface area contributed by atoms with Crippen LogP contribution in [0, 0.1) is 44.3 Å². The smallest absolute Gasteiger partial charge is 0.262 e. The number of benzene rings is 2. The third-order valence-corrected chi connectivity index (χ3v) is 10.5. The van der Waals surface area contributed by atoms with E-state index in [1.54, 1.807) is 0 Å². The second kappa shape index (κ2) is 14.7. The van der Waals surface area contributed by atoms with Crippen LogP contribution in [-0.4, -0.2) is 52.8 Å². The maximum Gasteiger partial charge on any atom is 0.262 e. The lowest BCUT2D eigenvalue weighted by molar-refractivity contribution is -0.136. The summed E-state index contributed by atoms with van der Waals surface area (Å²) in [4.78, 5) is 53.6. The van der Waals surface area contributed by atoms with E-state index in [1.165, 1.54) is 17.3 Å². The minimum Gasteiger partial charge on any atom is -0.382 e. The first-order valence-electron chi connectivity index (χ1n) is 17.8. The Balaban J connectivity index is 1.13. The minimum absolute atomic E-state index is 0.0198. The quantitative estimate of drug-likeness (QED) is 0.159. The summed E-state index contributed by atoms with van der Waals surface area (Å²) in [5.74, 6) is -1.35. The molecule has 1 saturated heterocycles. The first kappa shape index (κ1) is 35.8. The lowest BCUT2D eigenvalue weighted by Gasteiger charge is -2.37. The number of aryl methyl sites for hydroxylation is 3. The molecule has 3 aromatic rings. The number of fused-ring (bicyclic) bond motifs is 1. The summed E-state index contributed by atoms with van der Waals surface area (Å²) in [5, 5.41) is 9.56. The number of piperidine rings is 1. The monoisotopic (exact) mass is 695 g/mol. The predicted molar refractivity (Wildman–Crippen MR) is 194 cm³/mol. The molecule has 51 heavy (non-hydrogen) atoms. The first-order chi connectivity index (χ1) is 24.4. The van der Waals surface area contributed by atoms with Gasteiger partial charge in [-0.3, -0.25) is 29.4 Å². The van der Waals surface area contributed by atoms with Crippen molar-refractivity contribution in [1.29, 1.82) is 0 Å². The number of hydrogen-bond acceptors (Lipinski definition) is 8. The van der Waals surface area contributed by atoms with Gasteiger partial charge in [-0.25, -0.2) is 4.39 Å². The van der Waals surface area contributed by atoms with Crippen LogP contribution in [0.4, 0.5) is 15.8 Å². The van der Waals surface area contributed by atoms with E-state index >= 15 is 4.39 Å². The molecule has 1 aromatic heterocycles. The van der Waals surface area contributed by atoms with Gasteiger partial charge in [0.25, 0.3) is 11.8 Å². The Labute approximate surface area is 298 Å². The molecule has 11 heteroatoms. The average molecular weight is 696 g/mol. The van der Waals surface area contributed by atoms with Crippen molar-refractivity contribution in [1.82, 2.24) is 15.4 Å². The van der Waals surface area contributed by atoms with Crippen molar-refractivity contribution in [3.05, 3.63) is 88.7 Å². The normalized spacial score (nSPS) is 20.9. The van der Waals surface area contributed by atoms with Crippen LogP contribution in [0.3, 0.4) is 0 Å². The number of anilines is 2. The van der Waals surface area contributed by atoms with E-state index < -0.39 is 35.5 Å². The Morgan fingerprint density at radius 1 is 1.04 bits per heavy atom. The zero-order chi connectivity index (χ0) is 36.6. The fraction of sp³-hybridized carbons (Fsp3) is 0.425. The molecule has 4 amide bonds. The van der Waals surface area contributed by atoms with Gasteiger partial charge in [0.2, 0.25) is 11.8 Å². The lowest BCUT2D eigenvalue weighted by Crippen LogP contribution is -2.54. The Morgan fingerprint density at radius 2 is 1.73 bits per heavy atom. The first-order valence-corrected chi connectivity index (χ1v) is 17.8. The molecule has 6 rings (SSSR count). The number of nitrogens with zero attached hydrogens (tertiary/aromatic N) is 3. The molecule has 1 unspecified atom stereocenters. The number of carbonyl (C=O) groups excluding carboxylic acids is 4. The number of hydrogen-bond donors (Lipinski definition) is 2. The van der Waals surface area contributed by atoms with Crippen molar-refractivity contribution in [2.24, 2.45) is 17.8 Å². The van der Waals surface area contributed by atoms with Crippen LogP contribution in [0.2, 0.25) is 0 Å². The van der Waals surface area contributed by atoms with Gasteiger partial charge >= 0.3 is 0 Å². The van der Waals surface area contributed by atoms with Crippen LogP contribution in [0.25, 0.3) is 11.1 Å². The van der Waals surface area contributed by atoms with E-state index in [9.17, 15) is 19.2 Å². The van der Waals surface area contributed by atoms with E-state index in [2.05, 4.69) is 72.3 Å². The van der Waals surface area contributed by atoms with Crippen molar-refractivity contribution in [2.75, 3.05) is 23.3 Å². The third-order valence-electron chi connectivity index (χ3n) is 10.5. The second-order valence-corrected chi connectivity index (χ2v) is 14.4. The number of imide groups is 2. The summed E-state index contributed by atoms with van der Waals surface area (Å²) in [7, 11) is 0. The topological polar surface area (TPSA) is 125 Å². The van der Waals surface area contributed by atoms with Crippen LogP contribution in [0.5, 0.6) is 0 Å². The molecule has 0 bridgehead atoms. The Morgan fingerprint density at radius 3 is 2.35 bits per heavy atom. The van der Waals surface area contributed by atoms with Crippen LogP contribution in [0.15, 0.2) is 59.3 Å². The number of rotatable bonds is 11. The highest BCUT2D eigenvalue weighted by molar-refractivity contribution is 6.23. The van der Waals surface area contributed by atoms with Crippen LogP contribution in [-0.2, 0) is 9.59 Å². The van der Waals surface area contributed by atoms with Gasteiger partial charge in [-0.1, -0.05) is 43.8 Å². The molecule has 1 aliphatic carbocycles. The summed E-state index contributed by atoms with van der Waals surface area (Å²) in [6.45, 7) is 15.8. The van der Waals surface area contributed by atoms with Crippen molar-refractivity contribution in [2.45, 2.75) is 79.2 Å². The van der Waals surface area contributed by atoms with Crippen LogP contribution >= 0.6 is 0 Å². The SMILES string of the molecule is C=C/C=C(\C(C)C)N(CC1CCC(CNc2cc3c(cc2F)C(=O)N(C2CCC(=O)NC2=O)C3=O)CC1)c1cc(-c2c(C)noc2C)ccc1C. The molecule has 3 heterocycles. The summed E-state index contributed by atoms with van der Waals surface area (Å²) < 4.78 is 20.8. The number of amides is 4. The van der Waals surface area contributed by atoms with Gasteiger partial charge in [-0.15, -0.1) is 0 Å². The van der Waals surface area contributed by atoms with E-state index in [1.807, 2.05) is 19.9 Å². The molecule has 2 aliphatic heterocycles. The third kappa shape index (κ3) is 7.11. The van der Waals surface area contributed by atoms with Crippen molar-refractivity contribution in [3.63, 3.8) is 0 Å². The van der Waals surface area contributed by atoms with E-state index in [0.717, 1.165) is 71.5 Å². The number of nitrogens with one attached hydrogen (secondary N) is 2. The molecule has 0 radical (unpaired) electrons. The Bertz CT molecular complexity index is 1900. The number of carbonyl (C=O) groups is 4. The molecule has 2 aromatic carbocycles. The number of allylic oxidation sites excluding steroid dienone is 3. The summed E-state index contributed by atoms with van der Waals surface area (Å²) in [5.41, 5.74) is 6.61. The number of aromatic nitrogens is 1.